The monoisotopic (exact) mass is 1160 g/mol. The SMILES string of the molecule is CC(C)(C)c1cc(-c2ccc(N3c4cc(-n5c6ccccc6c6ccccc65)ccc4B4c5cc(-c6ccccc6)cc6c5N(c5ccc(-c7ccccc7)cc5-c5ccccc5-6)c5cc(-n6c7ccccc7c7ccccc76)cc3c54)cc2)cc(C(C)(C)C)c1. The van der Waals surface area contributed by atoms with Crippen LogP contribution in [0.3, 0.4) is 0 Å². The molecule has 3 aliphatic heterocycles. The molecular formula is C86H65BN4. The molecule has 0 saturated heterocycles. The van der Waals surface area contributed by atoms with E-state index in [2.05, 4.69) is 346 Å². The van der Waals surface area contributed by atoms with Crippen molar-refractivity contribution in [3.8, 4) is 67.0 Å². The second kappa shape index (κ2) is 19.8. The van der Waals surface area contributed by atoms with Gasteiger partial charge < -0.3 is 18.9 Å². The lowest BCUT2D eigenvalue weighted by Crippen LogP contribution is -2.61. The summed E-state index contributed by atoms with van der Waals surface area (Å²) < 4.78 is 5.01. The molecule has 0 aliphatic carbocycles. The molecule has 0 unspecified atom stereocenters. The molecule has 0 spiro atoms. The van der Waals surface area contributed by atoms with Gasteiger partial charge in [-0.25, -0.2) is 0 Å². The molecule has 3 aliphatic rings. The van der Waals surface area contributed by atoms with Gasteiger partial charge in [0.1, 0.15) is 0 Å². The van der Waals surface area contributed by atoms with E-state index in [9.17, 15) is 0 Å². The van der Waals surface area contributed by atoms with Crippen LogP contribution in [0.4, 0.5) is 34.1 Å². The fourth-order valence-corrected chi connectivity index (χ4v) is 15.5. The third kappa shape index (κ3) is 8.16. The second-order valence-electron chi connectivity index (χ2n) is 27.3. The summed E-state index contributed by atoms with van der Waals surface area (Å²) >= 11 is 0. The molecule has 15 aromatic rings. The first-order chi connectivity index (χ1) is 44.4. The van der Waals surface area contributed by atoms with Gasteiger partial charge in [0.25, 0.3) is 6.71 Å². The number of hydrogen-bond acceptors (Lipinski definition) is 2. The molecule has 5 heterocycles. The van der Waals surface area contributed by atoms with Crippen LogP contribution < -0.4 is 26.2 Å². The molecule has 5 heteroatoms. The maximum Gasteiger partial charge on any atom is 0.252 e. The van der Waals surface area contributed by atoms with Crippen LogP contribution in [-0.4, -0.2) is 15.8 Å². The number of nitrogens with zero attached hydrogens (tertiary/aromatic N) is 4. The van der Waals surface area contributed by atoms with E-state index in [1.54, 1.807) is 0 Å². The van der Waals surface area contributed by atoms with E-state index in [1.807, 2.05) is 0 Å². The number of benzene rings is 13. The summed E-state index contributed by atoms with van der Waals surface area (Å²) in [6.45, 7) is 13.8. The van der Waals surface area contributed by atoms with Gasteiger partial charge in [-0.2, -0.15) is 0 Å². The zero-order valence-electron chi connectivity index (χ0n) is 52.0. The first kappa shape index (κ1) is 53.2. The Morgan fingerprint density at radius 3 is 1.25 bits per heavy atom. The van der Waals surface area contributed by atoms with Crippen molar-refractivity contribution in [2.24, 2.45) is 0 Å². The minimum absolute atomic E-state index is 0.0271. The summed E-state index contributed by atoms with van der Waals surface area (Å²) in [6, 6.07) is 108. The predicted octanol–water partition coefficient (Wildman–Crippen LogP) is 21.2. The Morgan fingerprint density at radius 1 is 0.264 bits per heavy atom. The second-order valence-corrected chi connectivity index (χ2v) is 27.3. The van der Waals surface area contributed by atoms with Crippen molar-refractivity contribution in [1.29, 1.82) is 0 Å². The molecule has 0 bridgehead atoms. The summed E-state index contributed by atoms with van der Waals surface area (Å²) in [5.41, 5.74) is 32.3. The van der Waals surface area contributed by atoms with Crippen LogP contribution in [0.25, 0.3) is 111 Å². The lowest BCUT2D eigenvalue weighted by molar-refractivity contribution is 0.569. The molecule has 0 atom stereocenters. The van der Waals surface area contributed by atoms with Gasteiger partial charge in [0.2, 0.25) is 0 Å². The zero-order chi connectivity index (χ0) is 61.0. The summed E-state index contributed by atoms with van der Waals surface area (Å²) in [5.74, 6) is 0. The standard InChI is InChI=1S/C86H65BN4/c1-85(2,3)60-45-58(46-61(50-60)86(4,5)6)56-37-40-62(41-38-56)88-80-51-63(89-75-33-19-15-29-67(75)68-30-16-20-34-76(68)89)42-43-73(80)87-74-49-59(55-25-11-8-12-26-55)48-72-66-28-14-13-27-65(66)71-47-57(54-23-9-7-10-24-54)39-44-79(71)91(84(72)74)82-53-64(52-81(88)83(82)87)90-77-35-21-17-31-69(77)70-32-18-22-36-78(70)90/h7-53H,1-6H3. The minimum atomic E-state index is -0.183. The molecule has 4 nitrogen and oxygen atoms in total. The summed E-state index contributed by atoms with van der Waals surface area (Å²) in [5, 5.41) is 4.93. The molecule has 0 fully saturated rings. The van der Waals surface area contributed by atoms with Gasteiger partial charge >= 0.3 is 0 Å². The van der Waals surface area contributed by atoms with E-state index in [4.69, 9.17) is 0 Å². The van der Waals surface area contributed by atoms with Crippen molar-refractivity contribution >= 4 is 101 Å². The minimum Gasteiger partial charge on any atom is -0.311 e. The van der Waals surface area contributed by atoms with E-state index >= 15 is 0 Å². The molecule has 432 valence electrons. The lowest BCUT2D eigenvalue weighted by atomic mass is 9.33. The Hall–Kier alpha value is -10.9. The fourth-order valence-electron chi connectivity index (χ4n) is 15.5. The highest BCUT2D eigenvalue weighted by Gasteiger charge is 2.46. The highest BCUT2D eigenvalue weighted by molar-refractivity contribution is 7.00. The van der Waals surface area contributed by atoms with Gasteiger partial charge in [-0.1, -0.05) is 248 Å². The maximum absolute atomic E-state index is 2.67. The van der Waals surface area contributed by atoms with Gasteiger partial charge in [0.05, 0.1) is 33.4 Å². The van der Waals surface area contributed by atoms with Gasteiger partial charge in [0, 0.05) is 66.8 Å². The Labute approximate surface area is 532 Å². The molecule has 18 rings (SSSR count). The van der Waals surface area contributed by atoms with Crippen LogP contribution in [0, 0.1) is 0 Å². The number of para-hydroxylation sites is 4. The quantitative estimate of drug-likeness (QED) is 0.154. The predicted molar refractivity (Wildman–Crippen MR) is 387 cm³/mol. The number of anilines is 6. The molecule has 0 radical (unpaired) electrons. The van der Waals surface area contributed by atoms with Crippen molar-refractivity contribution < 1.29 is 0 Å². The first-order valence-corrected chi connectivity index (χ1v) is 32.1. The summed E-state index contributed by atoms with van der Waals surface area (Å²) in [7, 11) is 0. The van der Waals surface area contributed by atoms with E-state index < -0.39 is 0 Å². The van der Waals surface area contributed by atoms with Crippen LogP contribution >= 0.6 is 0 Å². The van der Waals surface area contributed by atoms with Gasteiger partial charge in [-0.05, 0) is 162 Å². The van der Waals surface area contributed by atoms with Crippen molar-refractivity contribution in [1.82, 2.24) is 9.13 Å². The van der Waals surface area contributed by atoms with E-state index in [0.717, 1.165) is 39.8 Å². The smallest absolute Gasteiger partial charge is 0.252 e. The number of fused-ring (bicyclic) bond motifs is 15. The van der Waals surface area contributed by atoms with Crippen LogP contribution in [0.5, 0.6) is 0 Å². The average Bonchev–Trinajstić information content (AvgIpc) is 1.67. The topological polar surface area (TPSA) is 16.3 Å². The lowest BCUT2D eigenvalue weighted by Gasteiger charge is -2.45. The third-order valence-electron chi connectivity index (χ3n) is 19.9. The Morgan fingerprint density at radius 2 is 0.692 bits per heavy atom. The molecule has 2 aromatic heterocycles. The number of rotatable bonds is 6. The normalized spacial score (nSPS) is 13.1. The third-order valence-corrected chi connectivity index (χ3v) is 19.9. The highest BCUT2D eigenvalue weighted by Crippen LogP contribution is 2.56. The molecule has 0 saturated carbocycles. The molecular weight excluding hydrogens is 1100 g/mol. The zero-order valence-corrected chi connectivity index (χ0v) is 52.0. The van der Waals surface area contributed by atoms with Crippen molar-refractivity contribution in [2.45, 2.75) is 52.4 Å². The van der Waals surface area contributed by atoms with E-state index in [1.165, 1.54) is 132 Å². The summed E-state index contributed by atoms with van der Waals surface area (Å²) in [4.78, 5) is 5.29. The Bertz CT molecular complexity index is 5360. The number of hydrogen-bond donors (Lipinski definition) is 0. The molecule has 91 heavy (non-hydrogen) atoms. The van der Waals surface area contributed by atoms with E-state index in [0.29, 0.717) is 0 Å². The first-order valence-electron chi connectivity index (χ1n) is 32.1. The Balaban J connectivity index is 0.981. The summed E-state index contributed by atoms with van der Waals surface area (Å²) in [6.07, 6.45) is 0. The van der Waals surface area contributed by atoms with Crippen LogP contribution in [0.15, 0.2) is 285 Å². The molecule has 0 N–H and O–H groups in total. The van der Waals surface area contributed by atoms with Crippen molar-refractivity contribution in [3.63, 3.8) is 0 Å². The van der Waals surface area contributed by atoms with Crippen molar-refractivity contribution in [3.05, 3.63) is 296 Å². The molecule has 13 aromatic carbocycles. The van der Waals surface area contributed by atoms with Gasteiger partial charge in [-0.15, -0.1) is 0 Å². The van der Waals surface area contributed by atoms with Crippen LogP contribution in [0.1, 0.15) is 52.7 Å². The van der Waals surface area contributed by atoms with Crippen LogP contribution in [-0.2, 0) is 10.8 Å². The highest BCUT2D eigenvalue weighted by atomic mass is 15.2. The fraction of sp³-hybridized carbons (Fsp3) is 0.0930. The van der Waals surface area contributed by atoms with Crippen molar-refractivity contribution in [2.75, 3.05) is 9.80 Å². The Kier molecular flexibility index (Phi) is 11.6. The van der Waals surface area contributed by atoms with Gasteiger partial charge in [-0.3, -0.25) is 0 Å². The van der Waals surface area contributed by atoms with Crippen LogP contribution in [0.2, 0.25) is 0 Å². The number of aromatic nitrogens is 2. The molecule has 0 amide bonds. The maximum atomic E-state index is 2.67. The van der Waals surface area contributed by atoms with Gasteiger partial charge in [0.15, 0.2) is 0 Å². The largest absolute Gasteiger partial charge is 0.311 e. The van der Waals surface area contributed by atoms with E-state index in [-0.39, 0.29) is 17.5 Å². The average molecular weight is 1170 g/mol.